The average molecular weight is 393 g/mol. The summed E-state index contributed by atoms with van der Waals surface area (Å²) >= 11 is 6.13. The van der Waals surface area contributed by atoms with Crippen LogP contribution in [0.15, 0.2) is 48.5 Å². The molecule has 26 heavy (non-hydrogen) atoms. The van der Waals surface area contributed by atoms with E-state index in [0.717, 1.165) is 35.4 Å². The first kappa shape index (κ1) is 18.7. The van der Waals surface area contributed by atoms with E-state index in [9.17, 15) is 13.2 Å². The summed E-state index contributed by atoms with van der Waals surface area (Å²) in [6, 6.07) is 14.5. The van der Waals surface area contributed by atoms with Crippen LogP contribution in [-0.2, 0) is 21.2 Å². The van der Waals surface area contributed by atoms with E-state index in [1.807, 2.05) is 18.2 Å². The van der Waals surface area contributed by atoms with Crippen molar-refractivity contribution >= 4 is 33.2 Å². The van der Waals surface area contributed by atoms with Crippen LogP contribution in [0.5, 0.6) is 0 Å². The monoisotopic (exact) mass is 392 g/mol. The van der Waals surface area contributed by atoms with Gasteiger partial charge in [-0.1, -0.05) is 48.0 Å². The smallest absolute Gasteiger partial charge is 0.241 e. The van der Waals surface area contributed by atoms with Crippen molar-refractivity contribution in [2.75, 3.05) is 17.1 Å². The number of carbonyl (C=O) groups is 1. The zero-order valence-electron chi connectivity index (χ0n) is 14.5. The molecule has 1 N–H and O–H groups in total. The molecule has 5 nitrogen and oxygen atoms in total. The SMILES string of the molecule is CS(=O)(=O)N(CC(=O)N[C@@H]1CCCc2ccccc21)c1ccccc1Cl. The van der Waals surface area contributed by atoms with Crippen LogP contribution in [0.2, 0.25) is 5.02 Å². The van der Waals surface area contributed by atoms with Gasteiger partial charge in [-0.15, -0.1) is 0 Å². The predicted molar refractivity (Wildman–Crippen MR) is 104 cm³/mol. The molecule has 0 aromatic heterocycles. The number of sulfonamides is 1. The van der Waals surface area contributed by atoms with Gasteiger partial charge in [-0.2, -0.15) is 0 Å². The Morgan fingerprint density at radius 2 is 1.88 bits per heavy atom. The van der Waals surface area contributed by atoms with Gasteiger partial charge in [0.05, 0.1) is 23.0 Å². The van der Waals surface area contributed by atoms with Crippen LogP contribution >= 0.6 is 11.6 Å². The zero-order valence-corrected chi connectivity index (χ0v) is 16.1. The van der Waals surface area contributed by atoms with Gasteiger partial charge in [0.25, 0.3) is 0 Å². The van der Waals surface area contributed by atoms with Crippen LogP contribution in [0.3, 0.4) is 0 Å². The molecule has 1 aliphatic carbocycles. The lowest BCUT2D eigenvalue weighted by Crippen LogP contribution is -2.42. The number of halogens is 1. The number of para-hydroxylation sites is 1. The summed E-state index contributed by atoms with van der Waals surface area (Å²) in [6.45, 7) is -0.304. The first-order chi connectivity index (χ1) is 12.4. The van der Waals surface area contributed by atoms with E-state index in [0.29, 0.717) is 5.69 Å². The number of anilines is 1. The van der Waals surface area contributed by atoms with Gasteiger partial charge >= 0.3 is 0 Å². The fourth-order valence-corrected chi connectivity index (χ4v) is 4.47. The lowest BCUT2D eigenvalue weighted by atomic mass is 9.88. The van der Waals surface area contributed by atoms with Gasteiger partial charge in [-0.25, -0.2) is 8.42 Å². The van der Waals surface area contributed by atoms with E-state index in [-0.39, 0.29) is 23.5 Å². The highest BCUT2D eigenvalue weighted by molar-refractivity contribution is 7.92. The molecule has 0 heterocycles. The first-order valence-electron chi connectivity index (χ1n) is 8.45. The molecule has 0 radical (unpaired) electrons. The molecular formula is C19H21ClN2O3S. The third-order valence-corrected chi connectivity index (χ3v) is 5.96. The van der Waals surface area contributed by atoms with Gasteiger partial charge in [-0.3, -0.25) is 9.10 Å². The molecule has 3 rings (SSSR count). The van der Waals surface area contributed by atoms with Crippen LogP contribution in [0.1, 0.15) is 30.0 Å². The van der Waals surface area contributed by atoms with Crippen LogP contribution in [0.25, 0.3) is 0 Å². The van der Waals surface area contributed by atoms with E-state index < -0.39 is 10.0 Å². The molecule has 0 unspecified atom stereocenters. The third kappa shape index (κ3) is 4.19. The minimum absolute atomic E-state index is 0.0971. The number of amides is 1. The standard InChI is InChI=1S/C19H21ClN2O3S/c1-26(24,25)22(18-12-5-4-10-16(18)20)13-19(23)21-17-11-6-8-14-7-2-3-9-15(14)17/h2-5,7,9-10,12,17H,6,8,11,13H2,1H3,(H,21,23)/t17-/m1/s1. The molecule has 0 bridgehead atoms. The van der Waals surface area contributed by atoms with E-state index in [1.54, 1.807) is 24.3 Å². The molecule has 2 aromatic carbocycles. The Morgan fingerprint density at radius 1 is 1.19 bits per heavy atom. The number of nitrogens with zero attached hydrogens (tertiary/aromatic N) is 1. The summed E-state index contributed by atoms with van der Waals surface area (Å²) < 4.78 is 25.4. The van der Waals surface area contributed by atoms with Gasteiger partial charge in [-0.05, 0) is 42.5 Å². The van der Waals surface area contributed by atoms with Crippen molar-refractivity contribution < 1.29 is 13.2 Å². The molecule has 0 spiro atoms. The van der Waals surface area contributed by atoms with Crippen molar-refractivity contribution in [2.45, 2.75) is 25.3 Å². The van der Waals surface area contributed by atoms with Crippen LogP contribution in [0, 0.1) is 0 Å². The molecule has 7 heteroatoms. The lowest BCUT2D eigenvalue weighted by Gasteiger charge is -2.28. The summed E-state index contributed by atoms with van der Waals surface area (Å²) in [5.74, 6) is -0.350. The second kappa shape index (κ2) is 7.68. The number of nitrogens with one attached hydrogen (secondary N) is 1. The minimum Gasteiger partial charge on any atom is -0.348 e. The van der Waals surface area contributed by atoms with Crippen molar-refractivity contribution in [2.24, 2.45) is 0 Å². The van der Waals surface area contributed by atoms with Gasteiger partial charge in [0.1, 0.15) is 6.54 Å². The molecule has 1 amide bonds. The average Bonchev–Trinajstić information content (AvgIpc) is 2.60. The maximum absolute atomic E-state index is 12.6. The zero-order chi connectivity index (χ0) is 18.7. The normalized spacial score (nSPS) is 16.6. The molecular weight excluding hydrogens is 372 g/mol. The van der Waals surface area contributed by atoms with Crippen molar-refractivity contribution in [3.8, 4) is 0 Å². The van der Waals surface area contributed by atoms with Crippen LogP contribution in [-0.4, -0.2) is 27.1 Å². The van der Waals surface area contributed by atoms with E-state index in [1.165, 1.54) is 5.56 Å². The van der Waals surface area contributed by atoms with E-state index >= 15 is 0 Å². The Balaban J connectivity index is 1.79. The fourth-order valence-electron chi connectivity index (χ4n) is 3.31. The Kier molecular flexibility index (Phi) is 5.53. The summed E-state index contributed by atoms with van der Waals surface area (Å²) in [5, 5.41) is 3.26. The van der Waals surface area contributed by atoms with Gasteiger partial charge in [0.15, 0.2) is 0 Å². The number of fused-ring (bicyclic) bond motifs is 1. The summed E-state index contributed by atoms with van der Waals surface area (Å²) in [7, 11) is -3.65. The largest absolute Gasteiger partial charge is 0.348 e. The number of aryl methyl sites for hydroxylation is 1. The highest BCUT2D eigenvalue weighted by Gasteiger charge is 2.26. The number of hydrogen-bond donors (Lipinski definition) is 1. The quantitative estimate of drug-likeness (QED) is 0.848. The molecule has 0 saturated carbocycles. The van der Waals surface area contributed by atoms with Crippen molar-refractivity contribution in [3.63, 3.8) is 0 Å². The first-order valence-corrected chi connectivity index (χ1v) is 10.7. The van der Waals surface area contributed by atoms with E-state index in [4.69, 9.17) is 11.6 Å². The third-order valence-electron chi connectivity index (χ3n) is 4.51. The highest BCUT2D eigenvalue weighted by Crippen LogP contribution is 2.30. The summed E-state index contributed by atoms with van der Waals surface area (Å²) in [5.41, 5.74) is 2.64. The molecule has 0 aliphatic heterocycles. The Bertz CT molecular complexity index is 915. The van der Waals surface area contributed by atoms with Crippen molar-refractivity contribution in [1.29, 1.82) is 0 Å². The number of hydrogen-bond acceptors (Lipinski definition) is 3. The molecule has 0 saturated heterocycles. The second-order valence-corrected chi connectivity index (χ2v) is 8.75. The number of rotatable bonds is 5. The van der Waals surface area contributed by atoms with Crippen molar-refractivity contribution in [1.82, 2.24) is 5.32 Å². The van der Waals surface area contributed by atoms with Crippen LogP contribution in [0.4, 0.5) is 5.69 Å². The Morgan fingerprint density at radius 3 is 2.62 bits per heavy atom. The Labute approximate surface area is 159 Å². The molecule has 0 fully saturated rings. The maximum Gasteiger partial charge on any atom is 0.241 e. The van der Waals surface area contributed by atoms with Gasteiger partial charge in [0.2, 0.25) is 15.9 Å². The second-order valence-electron chi connectivity index (χ2n) is 6.43. The van der Waals surface area contributed by atoms with E-state index in [2.05, 4.69) is 11.4 Å². The molecule has 1 aliphatic rings. The fraction of sp³-hybridized carbons (Fsp3) is 0.316. The minimum atomic E-state index is -3.65. The topological polar surface area (TPSA) is 66.5 Å². The predicted octanol–water partition coefficient (Wildman–Crippen LogP) is 3.30. The van der Waals surface area contributed by atoms with Crippen LogP contribution < -0.4 is 9.62 Å². The lowest BCUT2D eigenvalue weighted by molar-refractivity contribution is -0.120. The number of benzene rings is 2. The summed E-state index contributed by atoms with van der Waals surface area (Å²) in [6.07, 6.45) is 3.90. The molecule has 1 atom stereocenters. The Hall–Kier alpha value is -2.05. The molecule has 138 valence electrons. The van der Waals surface area contributed by atoms with Gasteiger partial charge in [0, 0.05) is 0 Å². The number of carbonyl (C=O) groups excluding carboxylic acids is 1. The molecule has 2 aromatic rings. The van der Waals surface area contributed by atoms with Gasteiger partial charge < -0.3 is 5.32 Å². The maximum atomic E-state index is 12.6. The highest BCUT2D eigenvalue weighted by atomic mass is 35.5. The summed E-state index contributed by atoms with van der Waals surface area (Å²) in [4.78, 5) is 12.6. The van der Waals surface area contributed by atoms with Crippen molar-refractivity contribution in [3.05, 3.63) is 64.7 Å².